The van der Waals surface area contributed by atoms with E-state index >= 15 is 0 Å². The van der Waals surface area contributed by atoms with Gasteiger partial charge in [-0.3, -0.25) is 14.4 Å². The van der Waals surface area contributed by atoms with Gasteiger partial charge in [-0.25, -0.2) is 0 Å². The summed E-state index contributed by atoms with van der Waals surface area (Å²) in [5.41, 5.74) is 0. The lowest BCUT2D eigenvalue weighted by molar-refractivity contribution is -0.162. The van der Waals surface area contributed by atoms with E-state index in [-0.39, 0.29) is 12.8 Å². The number of hydrogen-bond donors (Lipinski definition) is 1. The van der Waals surface area contributed by atoms with Crippen molar-refractivity contribution < 1.29 is 24.2 Å². The molecule has 1 unspecified atom stereocenters. The molecule has 86 valence electrons. The van der Waals surface area contributed by atoms with Gasteiger partial charge in [-0.15, -0.1) is 0 Å². The molecule has 0 radical (unpaired) electrons. The lowest BCUT2D eigenvalue weighted by Crippen LogP contribution is -2.19. The Labute approximate surface area is 88.4 Å². The summed E-state index contributed by atoms with van der Waals surface area (Å²) >= 11 is 0. The third-order valence-electron chi connectivity index (χ3n) is 1.86. The van der Waals surface area contributed by atoms with Crippen LogP contribution in [0.5, 0.6) is 0 Å². The van der Waals surface area contributed by atoms with Gasteiger partial charge in [0, 0.05) is 6.42 Å². The molecule has 0 aromatic rings. The second-order valence-electron chi connectivity index (χ2n) is 3.39. The lowest BCUT2D eigenvalue weighted by Gasteiger charge is -2.05. The minimum atomic E-state index is -1.08. The summed E-state index contributed by atoms with van der Waals surface area (Å²) < 4.78 is 4.43. The van der Waals surface area contributed by atoms with Crippen LogP contribution in [-0.2, 0) is 19.1 Å². The number of carboxylic acids is 1. The zero-order valence-corrected chi connectivity index (χ0v) is 8.99. The molecule has 0 heterocycles. The first kappa shape index (κ1) is 13.6. The topological polar surface area (TPSA) is 80.7 Å². The molecule has 5 heteroatoms. The Morgan fingerprint density at radius 1 is 1.27 bits per heavy atom. The van der Waals surface area contributed by atoms with Crippen LogP contribution in [0.2, 0.25) is 0 Å². The number of hydrogen-bond acceptors (Lipinski definition) is 4. The van der Waals surface area contributed by atoms with Crippen molar-refractivity contribution in [1.29, 1.82) is 0 Å². The van der Waals surface area contributed by atoms with Crippen molar-refractivity contribution in [3.05, 3.63) is 0 Å². The van der Waals surface area contributed by atoms with Crippen LogP contribution < -0.4 is 0 Å². The second kappa shape index (κ2) is 6.98. The fourth-order valence-electron chi connectivity index (χ4n) is 0.878. The number of esters is 2. The Bertz CT molecular complexity index is 246. The van der Waals surface area contributed by atoms with E-state index < -0.39 is 23.8 Å². The highest BCUT2D eigenvalue weighted by atomic mass is 16.6. The molecular weight excluding hydrogens is 200 g/mol. The van der Waals surface area contributed by atoms with E-state index in [4.69, 9.17) is 5.11 Å². The zero-order valence-electron chi connectivity index (χ0n) is 8.99. The van der Waals surface area contributed by atoms with Crippen LogP contribution in [0.15, 0.2) is 0 Å². The lowest BCUT2D eigenvalue weighted by atomic mass is 10.1. The average Bonchev–Trinajstić information content (AvgIpc) is 2.14. The number of ether oxygens (including phenoxy) is 1. The van der Waals surface area contributed by atoms with Crippen LogP contribution >= 0.6 is 0 Å². The first-order chi connectivity index (χ1) is 6.97. The molecule has 0 bridgehead atoms. The molecule has 0 aliphatic carbocycles. The van der Waals surface area contributed by atoms with Crippen molar-refractivity contribution in [2.24, 2.45) is 5.92 Å². The summed E-state index contributed by atoms with van der Waals surface area (Å²) in [5, 5.41) is 8.51. The number of rotatable bonds is 6. The monoisotopic (exact) mass is 216 g/mol. The summed E-state index contributed by atoms with van der Waals surface area (Å²) in [6, 6.07) is 0. The van der Waals surface area contributed by atoms with Crippen molar-refractivity contribution in [2.75, 3.05) is 0 Å². The minimum Gasteiger partial charge on any atom is -0.481 e. The van der Waals surface area contributed by atoms with Gasteiger partial charge in [0.1, 0.15) is 0 Å². The van der Waals surface area contributed by atoms with Gasteiger partial charge in [0.2, 0.25) is 0 Å². The highest BCUT2D eigenvalue weighted by Crippen LogP contribution is 2.05. The van der Waals surface area contributed by atoms with Gasteiger partial charge in [-0.2, -0.15) is 0 Å². The van der Waals surface area contributed by atoms with Crippen molar-refractivity contribution in [3.63, 3.8) is 0 Å². The maximum atomic E-state index is 11.0. The molecule has 0 aliphatic rings. The van der Waals surface area contributed by atoms with E-state index in [0.29, 0.717) is 6.42 Å². The van der Waals surface area contributed by atoms with Crippen LogP contribution in [0.25, 0.3) is 0 Å². The summed E-state index contributed by atoms with van der Waals surface area (Å²) in [6.45, 7) is 3.31. The van der Waals surface area contributed by atoms with Gasteiger partial charge >= 0.3 is 17.9 Å². The number of carboxylic acid groups (broad SMARTS) is 1. The van der Waals surface area contributed by atoms with Crippen LogP contribution in [0.1, 0.15) is 39.5 Å². The minimum absolute atomic E-state index is 0.198. The van der Waals surface area contributed by atoms with Gasteiger partial charge in [-0.1, -0.05) is 20.3 Å². The van der Waals surface area contributed by atoms with E-state index in [0.717, 1.165) is 6.42 Å². The third-order valence-corrected chi connectivity index (χ3v) is 1.86. The second-order valence-corrected chi connectivity index (χ2v) is 3.39. The van der Waals surface area contributed by atoms with E-state index in [1.165, 1.54) is 6.92 Å². The molecule has 1 N–H and O–H groups in total. The molecule has 0 amide bonds. The summed E-state index contributed by atoms with van der Waals surface area (Å²) in [4.78, 5) is 32.4. The number of unbranched alkanes of at least 4 members (excludes halogenated alkanes) is 1. The summed E-state index contributed by atoms with van der Waals surface area (Å²) in [5.74, 6) is -3.25. The quantitative estimate of drug-likeness (QED) is 0.535. The van der Waals surface area contributed by atoms with E-state index in [2.05, 4.69) is 4.74 Å². The van der Waals surface area contributed by atoms with Gasteiger partial charge in [-0.05, 0) is 6.42 Å². The van der Waals surface area contributed by atoms with Crippen molar-refractivity contribution in [2.45, 2.75) is 39.5 Å². The molecule has 0 aliphatic heterocycles. The van der Waals surface area contributed by atoms with Gasteiger partial charge in [0.05, 0.1) is 12.3 Å². The van der Waals surface area contributed by atoms with Gasteiger partial charge < -0.3 is 9.84 Å². The van der Waals surface area contributed by atoms with E-state index in [1.54, 1.807) is 0 Å². The van der Waals surface area contributed by atoms with Crippen LogP contribution in [0.4, 0.5) is 0 Å². The van der Waals surface area contributed by atoms with Crippen molar-refractivity contribution in [1.82, 2.24) is 0 Å². The predicted molar refractivity (Wildman–Crippen MR) is 52.0 cm³/mol. The molecule has 5 nitrogen and oxygen atoms in total. The number of carbonyl (C=O) groups excluding carboxylic acids is 2. The highest BCUT2D eigenvalue weighted by molar-refractivity contribution is 5.87. The Hall–Kier alpha value is -1.39. The average molecular weight is 216 g/mol. The Morgan fingerprint density at radius 2 is 1.87 bits per heavy atom. The van der Waals surface area contributed by atoms with E-state index in [9.17, 15) is 14.4 Å². The van der Waals surface area contributed by atoms with Crippen LogP contribution in [-0.4, -0.2) is 23.0 Å². The molecule has 0 saturated carbocycles. The first-order valence-corrected chi connectivity index (χ1v) is 4.93. The van der Waals surface area contributed by atoms with E-state index in [1.807, 2.05) is 6.92 Å². The molecule has 0 rings (SSSR count). The Morgan fingerprint density at radius 3 is 2.33 bits per heavy atom. The normalized spacial score (nSPS) is 11.9. The summed E-state index contributed by atoms with van der Waals surface area (Å²) in [6.07, 6.45) is 1.44. The fourth-order valence-corrected chi connectivity index (χ4v) is 0.878. The molecular formula is C10H16O5. The highest BCUT2D eigenvalue weighted by Gasteiger charge is 2.18. The van der Waals surface area contributed by atoms with Crippen molar-refractivity contribution >= 4 is 17.9 Å². The van der Waals surface area contributed by atoms with Gasteiger partial charge in [0.15, 0.2) is 0 Å². The third kappa shape index (κ3) is 6.65. The maximum absolute atomic E-state index is 11.0. The number of aliphatic carboxylic acids is 1. The molecule has 0 aromatic carbocycles. The van der Waals surface area contributed by atoms with Gasteiger partial charge in [0.25, 0.3) is 0 Å². The standard InChI is InChI=1S/C10H16O5/c1-3-4-5-8(11)15-9(12)6-7(2)10(13)14/h7H,3-6H2,1-2H3,(H,13,14). The van der Waals surface area contributed by atoms with Crippen molar-refractivity contribution in [3.8, 4) is 0 Å². The van der Waals surface area contributed by atoms with Crippen LogP contribution in [0.3, 0.4) is 0 Å². The largest absolute Gasteiger partial charge is 0.481 e. The molecule has 0 fully saturated rings. The Kier molecular flexibility index (Phi) is 6.33. The maximum Gasteiger partial charge on any atom is 0.314 e. The molecule has 0 spiro atoms. The molecule has 15 heavy (non-hydrogen) atoms. The Balaban J connectivity index is 3.83. The van der Waals surface area contributed by atoms with Crippen LogP contribution in [0, 0.1) is 5.92 Å². The molecule has 0 saturated heterocycles. The molecule has 1 atom stereocenters. The summed E-state index contributed by atoms with van der Waals surface area (Å²) in [7, 11) is 0. The SMILES string of the molecule is CCCCC(=O)OC(=O)CC(C)C(=O)O. The smallest absolute Gasteiger partial charge is 0.314 e. The molecule has 0 aromatic heterocycles. The predicted octanol–water partition coefficient (Wildman–Crippen LogP) is 1.36. The zero-order chi connectivity index (χ0) is 11.8. The fraction of sp³-hybridized carbons (Fsp3) is 0.700. The first-order valence-electron chi connectivity index (χ1n) is 4.93. The number of carbonyl (C=O) groups is 3.